The second-order valence-corrected chi connectivity index (χ2v) is 8.60. The van der Waals surface area contributed by atoms with Crippen LogP contribution in [0.3, 0.4) is 0 Å². The van der Waals surface area contributed by atoms with Gasteiger partial charge in [-0.3, -0.25) is 0 Å². The van der Waals surface area contributed by atoms with Crippen LogP contribution in [0.4, 0.5) is 0 Å². The monoisotopic (exact) mass is 328 g/mol. The first-order chi connectivity index (χ1) is 9.63. The summed E-state index contributed by atoms with van der Waals surface area (Å²) >= 11 is 3.20. The Hall–Kier alpha value is -0.730. The van der Waals surface area contributed by atoms with Crippen LogP contribution in [0.1, 0.15) is 15.3 Å². The second kappa shape index (κ2) is 5.57. The van der Waals surface area contributed by atoms with Crippen molar-refractivity contribution in [3.8, 4) is 0 Å². The van der Waals surface area contributed by atoms with Crippen LogP contribution in [-0.4, -0.2) is 26.3 Å². The van der Waals surface area contributed by atoms with Gasteiger partial charge in [0.25, 0.3) is 0 Å². The van der Waals surface area contributed by atoms with Crippen molar-refractivity contribution in [2.45, 2.75) is 24.4 Å². The van der Waals surface area contributed by atoms with Gasteiger partial charge in [0.15, 0.2) is 0 Å². The fraction of sp³-hybridized carbons (Fsp3) is 0.385. The largest absolute Gasteiger partial charge is 0.315 e. The van der Waals surface area contributed by atoms with Crippen LogP contribution in [0.25, 0.3) is 0 Å². The van der Waals surface area contributed by atoms with Crippen molar-refractivity contribution >= 4 is 32.7 Å². The first kappa shape index (κ1) is 14.2. The lowest BCUT2D eigenvalue weighted by molar-refractivity contribution is 0.394. The van der Waals surface area contributed by atoms with E-state index in [0.29, 0.717) is 24.5 Å². The van der Waals surface area contributed by atoms with Crippen molar-refractivity contribution in [3.63, 3.8) is 0 Å². The summed E-state index contributed by atoms with van der Waals surface area (Å²) in [4.78, 5) is 2.65. The fourth-order valence-electron chi connectivity index (χ4n) is 2.41. The number of nitrogens with zero attached hydrogens (tertiary/aromatic N) is 1. The number of sulfonamides is 1. The molecule has 0 fully saturated rings. The average Bonchev–Trinajstić information content (AvgIpc) is 3.06. The summed E-state index contributed by atoms with van der Waals surface area (Å²) in [6.45, 7) is 1.66. The predicted molar refractivity (Wildman–Crippen MR) is 82.7 cm³/mol. The summed E-state index contributed by atoms with van der Waals surface area (Å²) in [7, 11) is -1.56. The Kier molecular flexibility index (Phi) is 3.96. The molecule has 0 aliphatic carbocycles. The summed E-state index contributed by atoms with van der Waals surface area (Å²) in [5.41, 5.74) is 1.15. The third-order valence-electron chi connectivity index (χ3n) is 3.43. The molecule has 3 heterocycles. The van der Waals surface area contributed by atoms with Gasteiger partial charge in [0, 0.05) is 29.4 Å². The molecule has 0 radical (unpaired) electrons. The number of rotatable bonds is 4. The Morgan fingerprint density at radius 2 is 2.10 bits per heavy atom. The van der Waals surface area contributed by atoms with Crippen molar-refractivity contribution in [3.05, 3.63) is 38.2 Å². The number of thiophene rings is 2. The molecule has 4 nitrogen and oxygen atoms in total. The van der Waals surface area contributed by atoms with Gasteiger partial charge in [-0.1, -0.05) is 0 Å². The third kappa shape index (κ3) is 2.44. The van der Waals surface area contributed by atoms with Crippen LogP contribution in [0.5, 0.6) is 0 Å². The van der Waals surface area contributed by atoms with Crippen molar-refractivity contribution in [1.82, 2.24) is 9.62 Å². The topological polar surface area (TPSA) is 49.4 Å². The molecule has 1 aliphatic rings. The van der Waals surface area contributed by atoms with Crippen molar-refractivity contribution < 1.29 is 8.42 Å². The van der Waals surface area contributed by atoms with Crippen LogP contribution < -0.4 is 5.32 Å². The molecule has 20 heavy (non-hydrogen) atoms. The molecule has 3 rings (SSSR count). The molecule has 108 valence electrons. The molecule has 0 amide bonds. The quantitative estimate of drug-likeness (QED) is 0.937. The maximum atomic E-state index is 12.8. The number of hydrogen-bond acceptors (Lipinski definition) is 5. The Morgan fingerprint density at radius 1 is 1.30 bits per heavy atom. The highest BCUT2D eigenvalue weighted by Gasteiger charge is 2.30. The maximum Gasteiger partial charge on any atom is 0.244 e. The predicted octanol–water partition coefficient (Wildman–Crippen LogP) is 2.28. The molecule has 0 atom stereocenters. The minimum Gasteiger partial charge on any atom is -0.315 e. The fourth-order valence-corrected chi connectivity index (χ4v) is 6.15. The van der Waals surface area contributed by atoms with E-state index in [1.54, 1.807) is 21.7 Å². The molecule has 0 unspecified atom stereocenters. The van der Waals surface area contributed by atoms with Crippen LogP contribution >= 0.6 is 22.7 Å². The van der Waals surface area contributed by atoms with Crippen molar-refractivity contribution in [1.29, 1.82) is 0 Å². The van der Waals surface area contributed by atoms with Crippen molar-refractivity contribution in [2.75, 3.05) is 13.6 Å². The Balaban J connectivity index is 1.91. The Bertz CT molecular complexity index is 703. The number of nitrogens with one attached hydrogen (secondary N) is 1. The highest BCUT2D eigenvalue weighted by atomic mass is 32.2. The summed E-state index contributed by atoms with van der Waals surface area (Å²) < 4.78 is 27.2. The van der Waals surface area contributed by atoms with Gasteiger partial charge >= 0.3 is 0 Å². The zero-order chi connectivity index (χ0) is 14.2. The van der Waals surface area contributed by atoms with Crippen molar-refractivity contribution in [2.24, 2.45) is 0 Å². The smallest absolute Gasteiger partial charge is 0.244 e. The van der Waals surface area contributed by atoms with Crippen LogP contribution in [0.2, 0.25) is 0 Å². The van der Waals surface area contributed by atoms with Gasteiger partial charge in [-0.05, 0) is 41.9 Å². The molecule has 7 heteroatoms. The zero-order valence-electron chi connectivity index (χ0n) is 11.1. The minimum absolute atomic E-state index is 0.454. The summed E-state index contributed by atoms with van der Waals surface area (Å²) in [5, 5.41) is 6.91. The van der Waals surface area contributed by atoms with E-state index < -0.39 is 10.0 Å². The lowest BCUT2D eigenvalue weighted by atomic mass is 10.1. The molecular formula is C13H16N2O2S3. The second-order valence-electron chi connectivity index (χ2n) is 4.70. The molecule has 0 aromatic carbocycles. The van der Waals surface area contributed by atoms with E-state index >= 15 is 0 Å². The van der Waals surface area contributed by atoms with Gasteiger partial charge in [0.1, 0.15) is 0 Å². The molecule has 0 bridgehead atoms. The molecule has 2 aromatic heterocycles. The summed E-state index contributed by atoms with van der Waals surface area (Å²) in [5.74, 6) is 0. The van der Waals surface area contributed by atoms with Gasteiger partial charge < -0.3 is 5.32 Å². The number of hydrogen-bond donors (Lipinski definition) is 1. The Labute approximate surface area is 127 Å². The van der Waals surface area contributed by atoms with E-state index in [4.69, 9.17) is 0 Å². The van der Waals surface area contributed by atoms with E-state index in [0.717, 1.165) is 16.9 Å². The molecule has 1 N–H and O–H groups in total. The van der Waals surface area contributed by atoms with E-state index in [2.05, 4.69) is 5.32 Å². The summed E-state index contributed by atoms with van der Waals surface area (Å²) in [6, 6.07) is 3.75. The van der Waals surface area contributed by atoms with Crippen LogP contribution in [-0.2, 0) is 29.5 Å². The highest BCUT2D eigenvalue weighted by molar-refractivity contribution is 7.89. The SMILES string of the molecule is CNCc1sccc1S(=O)(=O)N1CCc2sccc2C1. The zero-order valence-corrected chi connectivity index (χ0v) is 13.6. The van der Waals surface area contributed by atoms with Crippen LogP contribution in [0, 0.1) is 0 Å². The van der Waals surface area contributed by atoms with E-state index in [9.17, 15) is 8.42 Å². The maximum absolute atomic E-state index is 12.8. The van der Waals surface area contributed by atoms with Gasteiger partial charge in [-0.15, -0.1) is 22.7 Å². The van der Waals surface area contributed by atoms with E-state index in [1.165, 1.54) is 16.2 Å². The number of fused-ring (bicyclic) bond motifs is 1. The summed E-state index contributed by atoms with van der Waals surface area (Å²) in [6.07, 6.45) is 0.817. The van der Waals surface area contributed by atoms with Gasteiger partial charge in [0.05, 0.1) is 4.90 Å². The standard InChI is InChI=1S/C13H16N2O2S3/c1-14-8-12-13(4-7-19-12)20(16,17)15-5-2-11-10(9-15)3-6-18-11/h3-4,6-7,14H,2,5,8-9H2,1H3. The van der Waals surface area contributed by atoms with Gasteiger partial charge in [-0.2, -0.15) is 4.31 Å². The molecule has 0 saturated heterocycles. The third-order valence-corrected chi connectivity index (χ3v) is 7.44. The average molecular weight is 328 g/mol. The lowest BCUT2D eigenvalue weighted by Crippen LogP contribution is -2.35. The van der Waals surface area contributed by atoms with Gasteiger partial charge in [0.2, 0.25) is 10.0 Å². The molecule has 1 aliphatic heterocycles. The van der Waals surface area contributed by atoms with E-state index in [-0.39, 0.29) is 0 Å². The highest BCUT2D eigenvalue weighted by Crippen LogP contribution is 2.30. The molecule has 0 spiro atoms. The molecule has 0 saturated carbocycles. The minimum atomic E-state index is -3.38. The lowest BCUT2D eigenvalue weighted by Gasteiger charge is -2.26. The van der Waals surface area contributed by atoms with E-state index in [1.807, 2.05) is 23.9 Å². The molecular weight excluding hydrogens is 312 g/mol. The molecule has 2 aromatic rings. The normalized spacial score (nSPS) is 16.2. The van der Waals surface area contributed by atoms with Crippen LogP contribution in [0.15, 0.2) is 27.8 Å². The Morgan fingerprint density at radius 3 is 2.90 bits per heavy atom. The first-order valence-electron chi connectivity index (χ1n) is 6.39. The first-order valence-corrected chi connectivity index (χ1v) is 9.59. The van der Waals surface area contributed by atoms with Gasteiger partial charge in [-0.25, -0.2) is 8.42 Å².